The summed E-state index contributed by atoms with van der Waals surface area (Å²) in [4.78, 5) is 37.1. The van der Waals surface area contributed by atoms with Crippen LogP contribution >= 0.6 is 0 Å². The highest BCUT2D eigenvalue weighted by atomic mass is 16.1. The van der Waals surface area contributed by atoms with Crippen LogP contribution in [0.3, 0.4) is 0 Å². The first-order valence-corrected chi connectivity index (χ1v) is 11.9. The molecule has 30 heavy (non-hydrogen) atoms. The molecule has 3 atom stereocenters. The van der Waals surface area contributed by atoms with Crippen LogP contribution in [0.2, 0.25) is 0 Å². The first-order valence-electron chi connectivity index (χ1n) is 11.9. The number of hydrogen-bond acceptors (Lipinski definition) is 3. The van der Waals surface area contributed by atoms with Gasteiger partial charge in [-0.2, -0.15) is 0 Å². The monoisotopic (exact) mass is 416 g/mol. The van der Waals surface area contributed by atoms with Crippen LogP contribution in [0.5, 0.6) is 0 Å². The molecule has 0 amide bonds. The van der Waals surface area contributed by atoms with E-state index in [0.29, 0.717) is 24.5 Å². The van der Waals surface area contributed by atoms with Gasteiger partial charge in [0.15, 0.2) is 0 Å². The maximum Gasteiger partial charge on any atom is 0.143 e. The maximum atomic E-state index is 12.9. The van der Waals surface area contributed by atoms with Crippen molar-refractivity contribution in [3.63, 3.8) is 0 Å². The molecule has 1 aliphatic rings. The third-order valence-electron chi connectivity index (χ3n) is 6.41. The van der Waals surface area contributed by atoms with E-state index in [1.165, 1.54) is 18.1 Å². The maximum absolute atomic E-state index is 12.9. The molecule has 1 aliphatic carbocycles. The van der Waals surface area contributed by atoms with Gasteiger partial charge in [0.05, 0.1) is 6.42 Å². The number of rotatable bonds is 9. The van der Waals surface area contributed by atoms with Gasteiger partial charge in [-0.3, -0.25) is 14.4 Å². The molecule has 3 unspecified atom stereocenters. The Balaban J connectivity index is 2.99. The molecule has 0 aromatic rings. The van der Waals surface area contributed by atoms with Gasteiger partial charge >= 0.3 is 0 Å². The van der Waals surface area contributed by atoms with Crippen LogP contribution in [0, 0.1) is 23.2 Å². The summed E-state index contributed by atoms with van der Waals surface area (Å²) in [5.74, 6) is 0.852. The largest absolute Gasteiger partial charge is 0.300 e. The Morgan fingerprint density at radius 3 is 2.40 bits per heavy atom. The minimum atomic E-state index is -0.0657. The van der Waals surface area contributed by atoms with Crippen molar-refractivity contribution in [2.45, 2.75) is 106 Å². The zero-order chi connectivity index (χ0) is 22.9. The van der Waals surface area contributed by atoms with Crippen molar-refractivity contribution in [1.82, 2.24) is 0 Å². The van der Waals surface area contributed by atoms with Gasteiger partial charge in [0.2, 0.25) is 0 Å². The van der Waals surface area contributed by atoms with Crippen molar-refractivity contribution in [3.05, 3.63) is 23.3 Å². The fourth-order valence-electron chi connectivity index (χ4n) is 5.14. The predicted octanol–water partition coefficient (Wildman–Crippen LogP) is 7.05. The second-order valence-electron chi connectivity index (χ2n) is 10.4. The molecule has 0 bridgehead atoms. The summed E-state index contributed by atoms with van der Waals surface area (Å²) in [6.45, 7) is 14.4. The molecule has 0 N–H and O–H groups in total. The summed E-state index contributed by atoms with van der Waals surface area (Å²) < 4.78 is 0. The predicted molar refractivity (Wildman–Crippen MR) is 125 cm³/mol. The summed E-state index contributed by atoms with van der Waals surface area (Å²) in [6.07, 6.45) is 11.3. The van der Waals surface area contributed by atoms with Gasteiger partial charge in [-0.1, -0.05) is 65.2 Å². The highest BCUT2D eigenvalue weighted by Gasteiger charge is 2.30. The van der Waals surface area contributed by atoms with Crippen LogP contribution < -0.4 is 0 Å². The van der Waals surface area contributed by atoms with Gasteiger partial charge in [-0.15, -0.1) is 0 Å². The Morgan fingerprint density at radius 2 is 1.87 bits per heavy atom. The molecule has 0 aromatic heterocycles. The molecule has 0 saturated carbocycles. The van der Waals surface area contributed by atoms with E-state index in [-0.39, 0.29) is 35.2 Å². The molecule has 0 aromatic carbocycles. The average Bonchev–Trinajstić information content (AvgIpc) is 2.59. The molecular formula is C27H44O3. The van der Waals surface area contributed by atoms with Crippen molar-refractivity contribution < 1.29 is 14.4 Å². The second-order valence-corrected chi connectivity index (χ2v) is 10.4. The van der Waals surface area contributed by atoms with Gasteiger partial charge in [-0.25, -0.2) is 0 Å². The molecule has 3 heteroatoms. The molecule has 0 fully saturated rings. The molecule has 170 valence electrons. The van der Waals surface area contributed by atoms with Gasteiger partial charge in [-0.05, 0) is 62.4 Å². The number of ketones is 3. The first-order chi connectivity index (χ1) is 14.0. The number of allylic oxidation sites excluding steroid dienone is 4. The number of carbonyl (C=O) groups excluding carboxylic acids is 3. The molecule has 3 nitrogen and oxygen atoms in total. The third-order valence-corrected chi connectivity index (χ3v) is 6.41. The molecular weight excluding hydrogens is 372 g/mol. The molecule has 0 saturated heterocycles. The lowest BCUT2D eigenvalue weighted by molar-refractivity contribution is -0.129. The summed E-state index contributed by atoms with van der Waals surface area (Å²) in [5.41, 5.74) is 2.49. The number of carbonyl (C=O) groups is 3. The lowest BCUT2D eigenvalue weighted by Crippen LogP contribution is -2.27. The van der Waals surface area contributed by atoms with Gasteiger partial charge in [0, 0.05) is 18.8 Å². The molecule has 0 heterocycles. The van der Waals surface area contributed by atoms with E-state index in [2.05, 4.69) is 53.7 Å². The van der Waals surface area contributed by atoms with E-state index in [4.69, 9.17) is 0 Å². The summed E-state index contributed by atoms with van der Waals surface area (Å²) in [5, 5.41) is 0. The lowest BCUT2D eigenvalue weighted by atomic mass is 9.74. The van der Waals surface area contributed by atoms with Crippen molar-refractivity contribution in [3.8, 4) is 0 Å². The second kappa shape index (κ2) is 12.4. The van der Waals surface area contributed by atoms with Crippen molar-refractivity contribution >= 4 is 17.3 Å². The van der Waals surface area contributed by atoms with Crippen molar-refractivity contribution in [1.29, 1.82) is 0 Å². The number of hydrogen-bond donors (Lipinski definition) is 0. The molecule has 1 rings (SSSR count). The first kappa shape index (κ1) is 26.5. The Bertz CT molecular complexity index is 660. The minimum Gasteiger partial charge on any atom is -0.300 e. The Morgan fingerprint density at radius 1 is 1.20 bits per heavy atom. The fourth-order valence-corrected chi connectivity index (χ4v) is 5.14. The fraction of sp³-hybridized carbons (Fsp3) is 0.741. The topological polar surface area (TPSA) is 51.2 Å². The highest BCUT2D eigenvalue weighted by molar-refractivity contribution is 5.99. The van der Waals surface area contributed by atoms with Crippen LogP contribution in [0.25, 0.3) is 0 Å². The lowest BCUT2D eigenvalue weighted by Gasteiger charge is -2.29. The summed E-state index contributed by atoms with van der Waals surface area (Å²) in [6, 6.07) is 0. The SMILES string of the molecule is CCCC(CC1CC/C=C\C(C(C)(C)C)=C(\C)CC(=O)C1)C(CC)C(=O)CC(C)=O. The quantitative estimate of drug-likeness (QED) is 0.379. The number of Topliss-reactive ketones (excluding diaryl/α,β-unsaturated/α-hetero) is 3. The third kappa shape index (κ3) is 8.70. The molecule has 0 aliphatic heterocycles. The summed E-state index contributed by atoms with van der Waals surface area (Å²) >= 11 is 0. The van der Waals surface area contributed by atoms with E-state index in [0.717, 1.165) is 38.5 Å². The van der Waals surface area contributed by atoms with Crippen LogP contribution in [0.1, 0.15) is 106 Å². The normalized spacial score (nSPS) is 24.2. The Hall–Kier alpha value is -1.51. The standard InChI is InChI=1S/C27H44O3/c1-8-12-22(24(9-2)26(30)16-20(4)28)17-21-13-10-11-14-25(27(5,6)7)19(3)15-23(29)18-21/h11,14,21-22,24H,8-10,12-13,15-18H2,1-7H3/b14-11-,25-19+. The molecule has 0 spiro atoms. The zero-order valence-corrected chi connectivity index (χ0v) is 20.5. The smallest absolute Gasteiger partial charge is 0.143 e. The van der Waals surface area contributed by atoms with Crippen LogP contribution in [-0.4, -0.2) is 17.3 Å². The zero-order valence-electron chi connectivity index (χ0n) is 20.5. The van der Waals surface area contributed by atoms with Gasteiger partial charge in [0.1, 0.15) is 17.3 Å². The Kier molecular flexibility index (Phi) is 10.9. The average molecular weight is 417 g/mol. The van der Waals surface area contributed by atoms with Crippen LogP contribution in [0.4, 0.5) is 0 Å². The van der Waals surface area contributed by atoms with Gasteiger partial charge < -0.3 is 0 Å². The van der Waals surface area contributed by atoms with E-state index in [9.17, 15) is 14.4 Å². The summed E-state index contributed by atoms with van der Waals surface area (Å²) in [7, 11) is 0. The van der Waals surface area contributed by atoms with E-state index in [1.807, 2.05) is 0 Å². The minimum absolute atomic E-state index is 0.0388. The Labute approximate surface area is 184 Å². The van der Waals surface area contributed by atoms with E-state index < -0.39 is 0 Å². The van der Waals surface area contributed by atoms with Crippen LogP contribution in [-0.2, 0) is 14.4 Å². The van der Waals surface area contributed by atoms with Crippen molar-refractivity contribution in [2.75, 3.05) is 0 Å². The van der Waals surface area contributed by atoms with E-state index in [1.54, 1.807) is 0 Å². The van der Waals surface area contributed by atoms with Gasteiger partial charge in [0.25, 0.3) is 0 Å². The van der Waals surface area contributed by atoms with Crippen LogP contribution in [0.15, 0.2) is 23.3 Å². The highest BCUT2D eigenvalue weighted by Crippen LogP contribution is 2.35. The van der Waals surface area contributed by atoms with Crippen molar-refractivity contribution in [2.24, 2.45) is 23.2 Å². The van der Waals surface area contributed by atoms with E-state index >= 15 is 0 Å². The molecule has 0 radical (unpaired) electrons.